The Balaban J connectivity index is 1.88. The fraction of sp³-hybridized carbons (Fsp3) is 0.312. The molecule has 0 aromatic carbocycles. The molecule has 0 aliphatic heterocycles. The Kier molecular flexibility index (Phi) is 3.25. The summed E-state index contributed by atoms with van der Waals surface area (Å²) in [6.07, 6.45) is 9.11. The van der Waals surface area contributed by atoms with Gasteiger partial charge in [-0.15, -0.1) is 0 Å². The largest absolute Gasteiger partial charge is 0.361 e. The first-order valence-electron chi connectivity index (χ1n) is 7.55. The molecule has 7 nitrogen and oxygen atoms in total. The van der Waals surface area contributed by atoms with Gasteiger partial charge in [0.25, 0.3) is 0 Å². The molecule has 0 unspecified atom stereocenters. The van der Waals surface area contributed by atoms with Crippen molar-refractivity contribution in [3.8, 4) is 22.5 Å². The molecule has 0 atom stereocenters. The van der Waals surface area contributed by atoms with Crippen LogP contribution < -0.4 is 5.32 Å². The van der Waals surface area contributed by atoms with E-state index in [1.165, 1.54) is 0 Å². The highest BCUT2D eigenvalue weighted by molar-refractivity contribution is 5.80. The van der Waals surface area contributed by atoms with Crippen LogP contribution in [0.25, 0.3) is 22.5 Å². The van der Waals surface area contributed by atoms with Crippen LogP contribution in [0.5, 0.6) is 0 Å². The minimum atomic E-state index is 0.481. The predicted octanol–water partition coefficient (Wildman–Crippen LogP) is 2.78. The lowest BCUT2D eigenvalue weighted by molar-refractivity contribution is 0.393. The highest BCUT2D eigenvalue weighted by Crippen LogP contribution is 2.34. The van der Waals surface area contributed by atoms with Crippen molar-refractivity contribution in [2.45, 2.75) is 32.7 Å². The maximum Gasteiger partial charge on any atom is 0.223 e. The topological polar surface area (TPSA) is 89.6 Å². The van der Waals surface area contributed by atoms with Gasteiger partial charge in [0.05, 0.1) is 28.8 Å². The molecule has 0 saturated heterocycles. The summed E-state index contributed by atoms with van der Waals surface area (Å²) < 4.78 is 5.31. The van der Waals surface area contributed by atoms with Crippen LogP contribution in [0.4, 0.5) is 5.95 Å². The monoisotopic (exact) mass is 308 g/mol. The van der Waals surface area contributed by atoms with Gasteiger partial charge in [-0.1, -0.05) is 5.16 Å². The Hall–Kier alpha value is -2.83. The van der Waals surface area contributed by atoms with Gasteiger partial charge in [-0.05, 0) is 26.7 Å². The summed E-state index contributed by atoms with van der Waals surface area (Å²) in [7, 11) is 0. The van der Waals surface area contributed by atoms with E-state index in [-0.39, 0.29) is 0 Å². The van der Waals surface area contributed by atoms with E-state index in [9.17, 15) is 0 Å². The minimum Gasteiger partial charge on any atom is -0.361 e. The van der Waals surface area contributed by atoms with E-state index in [1.807, 2.05) is 13.8 Å². The summed E-state index contributed by atoms with van der Waals surface area (Å²) in [5.41, 5.74) is 3.98. The third-order valence-electron chi connectivity index (χ3n) is 3.81. The molecule has 7 heteroatoms. The van der Waals surface area contributed by atoms with Gasteiger partial charge in [0.15, 0.2) is 0 Å². The maximum absolute atomic E-state index is 5.31. The second-order valence-electron chi connectivity index (χ2n) is 5.66. The second kappa shape index (κ2) is 5.42. The molecule has 0 radical (unpaired) electrons. The third-order valence-corrected chi connectivity index (χ3v) is 3.81. The number of hydrogen-bond acceptors (Lipinski definition) is 7. The number of aryl methyl sites for hydroxylation is 2. The molecule has 4 rings (SSSR count). The third kappa shape index (κ3) is 2.65. The fourth-order valence-electron chi connectivity index (χ4n) is 2.50. The zero-order chi connectivity index (χ0) is 15.8. The maximum atomic E-state index is 5.31. The molecule has 116 valence electrons. The van der Waals surface area contributed by atoms with Gasteiger partial charge < -0.3 is 9.84 Å². The molecular weight excluding hydrogens is 292 g/mol. The van der Waals surface area contributed by atoms with Crippen LogP contribution in [-0.2, 0) is 0 Å². The van der Waals surface area contributed by atoms with Gasteiger partial charge in [0.1, 0.15) is 5.76 Å². The summed E-state index contributed by atoms with van der Waals surface area (Å²) >= 11 is 0. The summed E-state index contributed by atoms with van der Waals surface area (Å²) in [5, 5.41) is 7.36. The number of nitrogens with one attached hydrogen (secondary N) is 1. The quantitative estimate of drug-likeness (QED) is 0.792. The molecule has 0 amide bonds. The lowest BCUT2D eigenvalue weighted by atomic mass is 10.0. The molecule has 3 aromatic heterocycles. The first-order chi connectivity index (χ1) is 11.2. The molecule has 3 aromatic rings. The van der Waals surface area contributed by atoms with E-state index < -0.39 is 0 Å². The van der Waals surface area contributed by atoms with Crippen molar-refractivity contribution in [3.63, 3.8) is 0 Å². The number of rotatable bonds is 4. The summed E-state index contributed by atoms with van der Waals surface area (Å²) in [4.78, 5) is 17.6. The standard InChI is InChI=1S/C16H16N6O/c1-9-14(10(2)23-22-9)15-12(13-8-17-5-6-18-13)7-19-16(21-15)20-11-3-4-11/h5-8,11H,3-4H2,1-2H3,(H,19,20,21). The molecule has 23 heavy (non-hydrogen) atoms. The molecule has 1 N–H and O–H groups in total. The van der Waals surface area contributed by atoms with Crippen LogP contribution in [-0.4, -0.2) is 31.1 Å². The normalized spacial score (nSPS) is 14.0. The summed E-state index contributed by atoms with van der Waals surface area (Å²) in [5.74, 6) is 1.35. The van der Waals surface area contributed by atoms with Gasteiger partial charge in [0, 0.05) is 30.2 Å². The van der Waals surface area contributed by atoms with Crippen molar-refractivity contribution in [2.75, 3.05) is 5.32 Å². The predicted molar refractivity (Wildman–Crippen MR) is 84.7 cm³/mol. The van der Waals surface area contributed by atoms with Crippen molar-refractivity contribution in [1.82, 2.24) is 25.1 Å². The Labute approximate surface area is 133 Å². The summed E-state index contributed by atoms with van der Waals surface area (Å²) in [6.45, 7) is 3.79. The van der Waals surface area contributed by atoms with Crippen LogP contribution in [0.2, 0.25) is 0 Å². The second-order valence-corrected chi connectivity index (χ2v) is 5.66. The first-order valence-corrected chi connectivity index (χ1v) is 7.55. The molecule has 1 saturated carbocycles. The molecule has 0 spiro atoms. The lowest BCUT2D eigenvalue weighted by Crippen LogP contribution is -2.07. The molecule has 1 aliphatic rings. The number of nitrogens with zero attached hydrogens (tertiary/aromatic N) is 5. The van der Waals surface area contributed by atoms with Crippen molar-refractivity contribution in [1.29, 1.82) is 0 Å². The van der Waals surface area contributed by atoms with Gasteiger partial charge in [-0.3, -0.25) is 9.97 Å². The first kappa shape index (κ1) is 13.8. The zero-order valence-electron chi connectivity index (χ0n) is 12.9. The van der Waals surface area contributed by atoms with Gasteiger partial charge in [-0.2, -0.15) is 0 Å². The molecule has 1 aliphatic carbocycles. The Morgan fingerprint density at radius 2 is 2.00 bits per heavy atom. The van der Waals surface area contributed by atoms with E-state index >= 15 is 0 Å². The van der Waals surface area contributed by atoms with Crippen LogP contribution in [0, 0.1) is 13.8 Å². The molecule has 1 fully saturated rings. The van der Waals surface area contributed by atoms with Crippen LogP contribution in [0.15, 0.2) is 29.3 Å². The van der Waals surface area contributed by atoms with Crippen molar-refractivity contribution >= 4 is 5.95 Å². The Morgan fingerprint density at radius 3 is 2.65 bits per heavy atom. The van der Waals surface area contributed by atoms with E-state index in [0.29, 0.717) is 12.0 Å². The highest BCUT2D eigenvalue weighted by atomic mass is 16.5. The Morgan fingerprint density at radius 1 is 1.13 bits per heavy atom. The van der Waals surface area contributed by atoms with E-state index in [2.05, 4.69) is 25.4 Å². The van der Waals surface area contributed by atoms with E-state index in [1.54, 1.807) is 24.8 Å². The van der Waals surface area contributed by atoms with Crippen molar-refractivity contribution in [3.05, 3.63) is 36.2 Å². The highest BCUT2D eigenvalue weighted by Gasteiger charge is 2.24. The average Bonchev–Trinajstić information content (AvgIpc) is 3.32. The van der Waals surface area contributed by atoms with Crippen molar-refractivity contribution < 1.29 is 4.52 Å². The van der Waals surface area contributed by atoms with Gasteiger partial charge in [0.2, 0.25) is 5.95 Å². The lowest BCUT2D eigenvalue weighted by Gasteiger charge is -2.10. The zero-order valence-corrected chi connectivity index (χ0v) is 12.9. The molecule has 0 bridgehead atoms. The van der Waals surface area contributed by atoms with E-state index in [0.717, 1.165) is 46.8 Å². The number of hydrogen-bond donors (Lipinski definition) is 1. The van der Waals surface area contributed by atoms with E-state index in [4.69, 9.17) is 9.51 Å². The Bertz CT molecular complexity index is 822. The van der Waals surface area contributed by atoms with Crippen molar-refractivity contribution in [2.24, 2.45) is 0 Å². The van der Waals surface area contributed by atoms with Crippen LogP contribution in [0.1, 0.15) is 24.3 Å². The minimum absolute atomic E-state index is 0.481. The molecular formula is C16H16N6O. The van der Waals surface area contributed by atoms with Crippen LogP contribution >= 0.6 is 0 Å². The number of anilines is 1. The van der Waals surface area contributed by atoms with Gasteiger partial charge in [-0.25, -0.2) is 9.97 Å². The fourth-order valence-corrected chi connectivity index (χ4v) is 2.50. The SMILES string of the molecule is Cc1noc(C)c1-c1nc(NC2CC2)ncc1-c1cnccn1. The molecule has 3 heterocycles. The number of aromatic nitrogens is 5. The van der Waals surface area contributed by atoms with Gasteiger partial charge >= 0.3 is 0 Å². The smallest absolute Gasteiger partial charge is 0.223 e. The summed E-state index contributed by atoms with van der Waals surface area (Å²) in [6, 6.07) is 0.481. The van der Waals surface area contributed by atoms with Crippen LogP contribution in [0.3, 0.4) is 0 Å². The average molecular weight is 308 g/mol.